The fourth-order valence-corrected chi connectivity index (χ4v) is 5.47. The molecule has 0 aliphatic carbocycles. The lowest BCUT2D eigenvalue weighted by Crippen LogP contribution is -2.31. The van der Waals surface area contributed by atoms with Gasteiger partial charge in [0.1, 0.15) is 17.6 Å². The predicted octanol–water partition coefficient (Wildman–Crippen LogP) is 8.08. The van der Waals surface area contributed by atoms with Crippen molar-refractivity contribution in [2.24, 2.45) is 0 Å². The van der Waals surface area contributed by atoms with Gasteiger partial charge in [-0.25, -0.2) is 4.79 Å². The summed E-state index contributed by atoms with van der Waals surface area (Å²) in [6, 6.07) is 27.6. The van der Waals surface area contributed by atoms with Crippen LogP contribution in [0.5, 0.6) is 11.5 Å². The number of para-hydroxylation sites is 3. The van der Waals surface area contributed by atoms with Gasteiger partial charge in [0.15, 0.2) is 6.10 Å². The number of benzene rings is 4. The molecule has 4 rings (SSSR count). The van der Waals surface area contributed by atoms with Gasteiger partial charge in [0.25, 0.3) is 0 Å². The highest BCUT2D eigenvalue weighted by atomic mass is 79.9. The molecule has 0 spiro atoms. The molecular formula is C33H28Br2N4O5. The van der Waals surface area contributed by atoms with Crippen LogP contribution in [-0.4, -0.2) is 23.2 Å². The fourth-order valence-electron chi connectivity index (χ4n) is 4.22. The molecule has 0 heterocycles. The minimum absolute atomic E-state index is 0.124. The maximum atomic E-state index is 13.2. The van der Waals surface area contributed by atoms with Gasteiger partial charge in [0.2, 0.25) is 5.91 Å². The molecule has 0 saturated carbocycles. The third kappa shape index (κ3) is 9.10. The van der Waals surface area contributed by atoms with Gasteiger partial charge < -0.3 is 25.6 Å². The zero-order chi connectivity index (χ0) is 31.5. The molecule has 5 N–H and O–H groups in total. The summed E-state index contributed by atoms with van der Waals surface area (Å²) in [6.45, 7) is 0. The van der Waals surface area contributed by atoms with Crippen molar-refractivity contribution in [3.63, 3.8) is 0 Å². The molecule has 9 nitrogen and oxygen atoms in total. The number of carbonyl (C=O) groups is 2. The zero-order valence-electron chi connectivity index (χ0n) is 23.2. The van der Waals surface area contributed by atoms with Gasteiger partial charge in [0.05, 0.1) is 27.5 Å². The van der Waals surface area contributed by atoms with Crippen molar-refractivity contribution >= 4 is 60.9 Å². The van der Waals surface area contributed by atoms with E-state index < -0.39 is 18.3 Å². The van der Waals surface area contributed by atoms with Crippen LogP contribution in [0.1, 0.15) is 30.1 Å². The monoisotopic (exact) mass is 718 g/mol. The number of hydrogen-bond donors (Lipinski definition) is 4. The van der Waals surface area contributed by atoms with E-state index in [1.54, 1.807) is 78.9 Å². The normalized spacial score (nSPS) is 12.1. The number of amides is 2. The highest BCUT2D eigenvalue weighted by Crippen LogP contribution is 2.40. The van der Waals surface area contributed by atoms with Crippen molar-refractivity contribution in [1.82, 2.24) is 0 Å². The van der Waals surface area contributed by atoms with Crippen LogP contribution in [0, 0.1) is 11.3 Å². The second kappa shape index (κ2) is 15.6. The molecule has 0 bridgehead atoms. The standard InChI is InChI=1S/C33H28Br2N4O5/c34-22-18-25(31(41)26(35)19-22)32(44-33(42)38-23-16-14-21(20-36)15-17-23)29(43-24-8-2-1-3-9-24)12-6-7-13-30(40)39-28-11-5-4-10-27(28)37/h1-5,7-11,13-19,29,32,41H,6,12,37H2,(H,38,42)(H,39,40)/b13-7+/t29-,32-/m1/s1. The van der Waals surface area contributed by atoms with E-state index >= 15 is 0 Å². The Hall–Kier alpha value is -4.79. The van der Waals surface area contributed by atoms with Crippen LogP contribution in [0.15, 0.2) is 112 Å². The van der Waals surface area contributed by atoms with E-state index in [1.165, 1.54) is 6.08 Å². The van der Waals surface area contributed by atoms with Gasteiger partial charge in [-0.1, -0.05) is 52.3 Å². The van der Waals surface area contributed by atoms with Crippen LogP contribution in [0.3, 0.4) is 0 Å². The van der Waals surface area contributed by atoms with Crippen molar-refractivity contribution in [2.45, 2.75) is 25.0 Å². The van der Waals surface area contributed by atoms with Crippen molar-refractivity contribution < 1.29 is 24.2 Å². The van der Waals surface area contributed by atoms with E-state index in [9.17, 15) is 14.7 Å². The Bertz CT molecular complexity index is 1670. The van der Waals surface area contributed by atoms with Gasteiger partial charge >= 0.3 is 6.09 Å². The van der Waals surface area contributed by atoms with E-state index in [0.717, 1.165) is 0 Å². The molecular weight excluding hydrogens is 692 g/mol. The van der Waals surface area contributed by atoms with E-state index in [-0.39, 0.29) is 11.7 Å². The van der Waals surface area contributed by atoms with Crippen LogP contribution >= 0.6 is 31.9 Å². The molecule has 4 aromatic rings. The lowest BCUT2D eigenvalue weighted by Gasteiger charge is -2.29. The molecule has 0 saturated heterocycles. The van der Waals surface area contributed by atoms with Gasteiger partial charge in [-0.15, -0.1) is 0 Å². The average Bonchev–Trinajstić information content (AvgIpc) is 3.01. The Morgan fingerprint density at radius 1 is 0.977 bits per heavy atom. The number of nitrogens with one attached hydrogen (secondary N) is 2. The number of hydrogen-bond acceptors (Lipinski definition) is 7. The fraction of sp³-hybridized carbons (Fsp3) is 0.121. The first kappa shape index (κ1) is 32.1. The number of nitrogen functional groups attached to an aromatic ring is 1. The average molecular weight is 720 g/mol. The van der Waals surface area contributed by atoms with E-state index in [1.807, 2.05) is 24.3 Å². The smallest absolute Gasteiger partial charge is 0.412 e. The number of phenolic OH excluding ortho intramolecular Hbond substituents is 1. The summed E-state index contributed by atoms with van der Waals surface area (Å²) in [7, 11) is 0. The van der Waals surface area contributed by atoms with E-state index in [4.69, 9.17) is 20.5 Å². The number of nitrogens with zero attached hydrogens (tertiary/aromatic N) is 1. The highest BCUT2D eigenvalue weighted by Gasteiger charge is 2.32. The molecule has 224 valence electrons. The van der Waals surface area contributed by atoms with Crippen LogP contribution in [0.2, 0.25) is 0 Å². The first-order chi connectivity index (χ1) is 21.2. The number of halogens is 2. The summed E-state index contributed by atoms with van der Waals surface area (Å²) in [5.74, 6) is 0.0430. The lowest BCUT2D eigenvalue weighted by atomic mass is 9.99. The molecule has 0 unspecified atom stereocenters. The molecule has 0 aliphatic heterocycles. The quantitative estimate of drug-likeness (QED) is 0.0905. The zero-order valence-corrected chi connectivity index (χ0v) is 26.4. The van der Waals surface area contributed by atoms with Crippen molar-refractivity contribution in [2.75, 3.05) is 16.4 Å². The van der Waals surface area contributed by atoms with Crippen LogP contribution < -0.4 is 21.1 Å². The largest absolute Gasteiger partial charge is 0.506 e. The molecule has 11 heteroatoms. The third-order valence-corrected chi connectivity index (χ3v) is 7.39. The van der Waals surface area contributed by atoms with Crippen LogP contribution in [-0.2, 0) is 9.53 Å². The number of nitrogens with two attached hydrogens (primary N) is 1. The maximum Gasteiger partial charge on any atom is 0.412 e. The predicted molar refractivity (Wildman–Crippen MR) is 176 cm³/mol. The Morgan fingerprint density at radius 2 is 1.68 bits per heavy atom. The second-order valence-corrected chi connectivity index (χ2v) is 11.3. The van der Waals surface area contributed by atoms with Crippen molar-refractivity contribution in [1.29, 1.82) is 5.26 Å². The van der Waals surface area contributed by atoms with Crippen molar-refractivity contribution in [3.8, 4) is 17.6 Å². The number of anilines is 3. The number of allylic oxidation sites excluding steroid dienone is 1. The Morgan fingerprint density at radius 3 is 2.39 bits per heavy atom. The molecule has 0 aliphatic rings. The van der Waals surface area contributed by atoms with Crippen molar-refractivity contribution in [3.05, 3.63) is 123 Å². The SMILES string of the molecule is N#Cc1ccc(NC(=O)O[C@H](c2cc(Br)cc(Br)c2O)[C@@H](CC/C=C/C(=O)Nc2ccccc2N)Oc2ccccc2)cc1. The lowest BCUT2D eigenvalue weighted by molar-refractivity contribution is -0.111. The van der Waals surface area contributed by atoms with Crippen LogP contribution in [0.25, 0.3) is 0 Å². The molecule has 44 heavy (non-hydrogen) atoms. The Kier molecular flexibility index (Phi) is 11.4. The number of ether oxygens (including phenoxy) is 2. The van der Waals surface area contributed by atoms with Gasteiger partial charge in [-0.3, -0.25) is 10.1 Å². The molecule has 0 aromatic heterocycles. The minimum atomic E-state index is -1.09. The number of carbonyl (C=O) groups excluding carboxylic acids is 2. The highest BCUT2D eigenvalue weighted by molar-refractivity contribution is 9.11. The molecule has 4 aromatic carbocycles. The maximum absolute atomic E-state index is 13.2. The molecule has 0 radical (unpaired) electrons. The van der Waals surface area contributed by atoms with Gasteiger partial charge in [0, 0.05) is 15.7 Å². The number of nitriles is 1. The minimum Gasteiger partial charge on any atom is -0.506 e. The summed E-state index contributed by atoms with van der Waals surface area (Å²) in [5.41, 5.74) is 8.02. The summed E-state index contributed by atoms with van der Waals surface area (Å²) < 4.78 is 13.3. The number of rotatable bonds is 11. The van der Waals surface area contributed by atoms with Crippen LogP contribution in [0.4, 0.5) is 21.9 Å². The summed E-state index contributed by atoms with van der Waals surface area (Å²) >= 11 is 6.81. The Balaban J connectivity index is 1.59. The topological polar surface area (TPSA) is 147 Å². The van der Waals surface area contributed by atoms with E-state index in [0.29, 0.717) is 55.7 Å². The third-order valence-electron chi connectivity index (χ3n) is 6.33. The summed E-state index contributed by atoms with van der Waals surface area (Å²) in [6.07, 6.45) is 1.05. The Labute approximate surface area is 271 Å². The first-order valence-corrected chi connectivity index (χ1v) is 15.0. The van der Waals surface area contributed by atoms with E-state index in [2.05, 4.69) is 42.5 Å². The summed E-state index contributed by atoms with van der Waals surface area (Å²) in [5, 5.41) is 25.5. The van der Waals surface area contributed by atoms with Gasteiger partial charge in [-0.2, -0.15) is 5.26 Å². The molecule has 2 atom stereocenters. The van der Waals surface area contributed by atoms with Gasteiger partial charge in [-0.05, 0) is 95.5 Å². The molecule has 0 fully saturated rings. The number of aromatic hydroxyl groups is 1. The first-order valence-electron chi connectivity index (χ1n) is 13.4. The molecule has 2 amide bonds. The number of phenols is 1. The summed E-state index contributed by atoms with van der Waals surface area (Å²) in [4.78, 5) is 25.7. The second-order valence-electron chi connectivity index (χ2n) is 9.49.